The quantitative estimate of drug-likeness (QED) is 0.907. The highest BCUT2D eigenvalue weighted by atomic mass is 79.9. The van der Waals surface area contributed by atoms with Crippen LogP contribution in [0.25, 0.3) is 0 Å². The monoisotopic (exact) mass is 326 g/mol. The van der Waals surface area contributed by atoms with Crippen LogP contribution in [-0.4, -0.2) is 16.1 Å². The van der Waals surface area contributed by atoms with E-state index in [-0.39, 0.29) is 22.1 Å². The highest BCUT2D eigenvalue weighted by Crippen LogP contribution is 2.18. The zero-order valence-corrected chi connectivity index (χ0v) is 12.0. The van der Waals surface area contributed by atoms with Crippen molar-refractivity contribution in [2.45, 2.75) is 13.0 Å². The minimum atomic E-state index is -0.264. The number of nitrogen functional groups attached to an aromatic ring is 1. The van der Waals surface area contributed by atoms with Gasteiger partial charge in [0.1, 0.15) is 0 Å². The average molecular weight is 327 g/mol. The van der Waals surface area contributed by atoms with E-state index in [1.165, 1.54) is 0 Å². The molecular formula is C11H11BrN4OS. The molecule has 0 fully saturated rings. The lowest BCUT2D eigenvalue weighted by Crippen LogP contribution is -2.26. The molecule has 0 aliphatic heterocycles. The Labute approximate surface area is 117 Å². The molecule has 0 saturated heterocycles. The van der Waals surface area contributed by atoms with Crippen molar-refractivity contribution in [2.75, 3.05) is 5.73 Å². The van der Waals surface area contributed by atoms with Crippen LogP contribution < -0.4 is 11.1 Å². The Hall–Kier alpha value is -1.47. The minimum absolute atomic E-state index is 0.101. The molecule has 0 aliphatic carbocycles. The second-order valence-corrected chi connectivity index (χ2v) is 5.62. The minimum Gasteiger partial charge on any atom is -0.374 e. The summed E-state index contributed by atoms with van der Waals surface area (Å²) in [6.45, 7) is 1.91. The topological polar surface area (TPSA) is 80.9 Å². The van der Waals surface area contributed by atoms with E-state index in [1.807, 2.05) is 31.2 Å². The van der Waals surface area contributed by atoms with E-state index in [4.69, 9.17) is 5.73 Å². The van der Waals surface area contributed by atoms with E-state index in [2.05, 4.69) is 31.4 Å². The molecule has 0 spiro atoms. The Balaban J connectivity index is 2.05. The van der Waals surface area contributed by atoms with Gasteiger partial charge in [-0.25, -0.2) is 0 Å². The zero-order chi connectivity index (χ0) is 13.1. The number of nitrogens with one attached hydrogen (secondary N) is 1. The van der Waals surface area contributed by atoms with Crippen LogP contribution in [0.1, 0.15) is 28.3 Å². The van der Waals surface area contributed by atoms with Crippen molar-refractivity contribution in [1.29, 1.82) is 0 Å². The number of aromatic nitrogens is 2. The fraction of sp³-hybridized carbons (Fsp3) is 0.182. The molecule has 5 nitrogen and oxygen atoms in total. The maximum Gasteiger partial charge on any atom is 0.282 e. The number of carbonyl (C=O) groups excluding carboxylic acids is 1. The molecule has 94 valence electrons. The van der Waals surface area contributed by atoms with Gasteiger partial charge in [0.15, 0.2) is 0 Å². The Bertz CT molecular complexity index is 554. The smallest absolute Gasteiger partial charge is 0.282 e. The molecule has 1 heterocycles. The highest BCUT2D eigenvalue weighted by molar-refractivity contribution is 9.10. The van der Waals surface area contributed by atoms with Crippen molar-refractivity contribution in [3.8, 4) is 0 Å². The number of nitrogens with two attached hydrogens (primary N) is 1. The maximum atomic E-state index is 11.8. The number of hydrogen-bond acceptors (Lipinski definition) is 5. The third-order valence-electron chi connectivity index (χ3n) is 2.35. The van der Waals surface area contributed by atoms with Crippen LogP contribution in [0.2, 0.25) is 0 Å². The first kappa shape index (κ1) is 13.0. The van der Waals surface area contributed by atoms with Crippen molar-refractivity contribution >= 4 is 38.3 Å². The molecule has 1 amide bonds. The van der Waals surface area contributed by atoms with Crippen LogP contribution in [0.3, 0.4) is 0 Å². The fourth-order valence-corrected chi connectivity index (χ4v) is 2.20. The first-order chi connectivity index (χ1) is 8.56. The Kier molecular flexibility index (Phi) is 3.93. The summed E-state index contributed by atoms with van der Waals surface area (Å²) in [6.07, 6.45) is 0. The second kappa shape index (κ2) is 5.45. The van der Waals surface area contributed by atoms with Crippen molar-refractivity contribution in [3.63, 3.8) is 0 Å². The molecule has 0 radical (unpaired) electrons. The van der Waals surface area contributed by atoms with Gasteiger partial charge in [-0.05, 0) is 24.6 Å². The number of nitrogens with zero attached hydrogens (tertiary/aromatic N) is 2. The largest absolute Gasteiger partial charge is 0.374 e. The Morgan fingerprint density at radius 3 is 2.61 bits per heavy atom. The molecule has 0 bridgehead atoms. The summed E-state index contributed by atoms with van der Waals surface area (Å²) in [5.74, 6) is -0.264. The Morgan fingerprint density at radius 2 is 2.06 bits per heavy atom. The van der Waals surface area contributed by atoms with Crippen molar-refractivity contribution in [3.05, 3.63) is 39.3 Å². The van der Waals surface area contributed by atoms with Gasteiger partial charge in [-0.2, -0.15) is 0 Å². The number of anilines is 1. The van der Waals surface area contributed by atoms with Gasteiger partial charge in [-0.15, -0.1) is 10.2 Å². The van der Waals surface area contributed by atoms with E-state index in [9.17, 15) is 4.79 Å². The average Bonchev–Trinajstić information content (AvgIpc) is 2.76. The summed E-state index contributed by atoms with van der Waals surface area (Å²) in [5.41, 5.74) is 6.45. The van der Waals surface area contributed by atoms with Crippen LogP contribution >= 0.6 is 27.3 Å². The number of benzene rings is 1. The van der Waals surface area contributed by atoms with Gasteiger partial charge in [0, 0.05) is 4.47 Å². The molecule has 1 aromatic heterocycles. The highest BCUT2D eigenvalue weighted by Gasteiger charge is 2.15. The lowest BCUT2D eigenvalue weighted by Gasteiger charge is -2.13. The summed E-state index contributed by atoms with van der Waals surface area (Å²) in [5, 5.41) is 10.7. The predicted molar refractivity (Wildman–Crippen MR) is 74.3 cm³/mol. The molecular weight excluding hydrogens is 316 g/mol. The van der Waals surface area contributed by atoms with E-state index in [0.29, 0.717) is 0 Å². The van der Waals surface area contributed by atoms with Crippen LogP contribution in [0.15, 0.2) is 28.7 Å². The molecule has 0 aliphatic rings. The summed E-state index contributed by atoms with van der Waals surface area (Å²) in [6, 6.07) is 7.66. The number of halogens is 1. The SMILES string of the molecule is CC(NC(=O)c1nnc(N)s1)c1ccc(Br)cc1. The standard InChI is InChI=1S/C11H11BrN4OS/c1-6(7-2-4-8(12)5-3-7)14-9(17)10-15-16-11(13)18-10/h2-6H,1H3,(H2,13,16)(H,14,17). The van der Waals surface area contributed by atoms with E-state index in [0.717, 1.165) is 21.4 Å². The van der Waals surface area contributed by atoms with Gasteiger partial charge in [0.05, 0.1) is 6.04 Å². The summed E-state index contributed by atoms with van der Waals surface area (Å²) >= 11 is 4.44. The third kappa shape index (κ3) is 3.05. The summed E-state index contributed by atoms with van der Waals surface area (Å²) in [4.78, 5) is 11.8. The normalized spacial score (nSPS) is 12.1. The van der Waals surface area contributed by atoms with Crippen molar-refractivity contribution < 1.29 is 4.79 Å². The maximum absolute atomic E-state index is 11.8. The van der Waals surface area contributed by atoms with Crippen LogP contribution in [0.5, 0.6) is 0 Å². The number of hydrogen-bond donors (Lipinski definition) is 2. The van der Waals surface area contributed by atoms with Gasteiger partial charge in [0.25, 0.3) is 5.91 Å². The van der Waals surface area contributed by atoms with Crippen LogP contribution in [0.4, 0.5) is 5.13 Å². The van der Waals surface area contributed by atoms with Gasteiger partial charge >= 0.3 is 0 Å². The van der Waals surface area contributed by atoms with Gasteiger partial charge in [-0.3, -0.25) is 4.79 Å². The number of amides is 1. The molecule has 2 rings (SSSR count). The Morgan fingerprint density at radius 1 is 1.39 bits per heavy atom. The molecule has 3 N–H and O–H groups in total. The first-order valence-electron chi connectivity index (χ1n) is 5.21. The van der Waals surface area contributed by atoms with E-state index < -0.39 is 0 Å². The van der Waals surface area contributed by atoms with Gasteiger partial charge in [0.2, 0.25) is 10.1 Å². The molecule has 0 saturated carbocycles. The lowest BCUT2D eigenvalue weighted by atomic mass is 10.1. The molecule has 7 heteroatoms. The van der Waals surface area contributed by atoms with Gasteiger partial charge < -0.3 is 11.1 Å². The lowest BCUT2D eigenvalue weighted by molar-refractivity contribution is 0.0939. The molecule has 2 aromatic rings. The molecule has 1 unspecified atom stereocenters. The summed E-state index contributed by atoms with van der Waals surface area (Å²) in [7, 11) is 0. The molecule has 1 atom stereocenters. The van der Waals surface area contributed by atoms with Crippen molar-refractivity contribution in [2.24, 2.45) is 0 Å². The van der Waals surface area contributed by atoms with Crippen molar-refractivity contribution in [1.82, 2.24) is 15.5 Å². The predicted octanol–water partition coefficient (Wildman–Crippen LogP) is 2.37. The fourth-order valence-electron chi connectivity index (χ4n) is 1.42. The number of carbonyl (C=O) groups is 1. The molecule has 18 heavy (non-hydrogen) atoms. The zero-order valence-electron chi connectivity index (χ0n) is 9.55. The van der Waals surface area contributed by atoms with E-state index >= 15 is 0 Å². The van der Waals surface area contributed by atoms with E-state index in [1.54, 1.807) is 0 Å². The number of rotatable bonds is 3. The second-order valence-electron chi connectivity index (χ2n) is 3.69. The molecule has 1 aromatic carbocycles. The third-order valence-corrected chi connectivity index (χ3v) is 3.63. The van der Waals surface area contributed by atoms with Crippen LogP contribution in [0, 0.1) is 0 Å². The van der Waals surface area contributed by atoms with Crippen LogP contribution in [-0.2, 0) is 0 Å². The first-order valence-corrected chi connectivity index (χ1v) is 6.82. The summed E-state index contributed by atoms with van der Waals surface area (Å²) < 4.78 is 1.00. The van der Waals surface area contributed by atoms with Gasteiger partial charge in [-0.1, -0.05) is 39.4 Å².